The number of fused-ring (bicyclic) bond motifs is 5. The van der Waals surface area contributed by atoms with Crippen LogP contribution in [0.25, 0.3) is 75.8 Å². The van der Waals surface area contributed by atoms with E-state index in [1.165, 1.54) is 42.1 Å². The lowest BCUT2D eigenvalue weighted by Crippen LogP contribution is -2.09. The summed E-state index contributed by atoms with van der Waals surface area (Å²) in [7, 11) is 0. The first-order valence-corrected chi connectivity index (χ1v) is 17.9. The van der Waals surface area contributed by atoms with Crippen molar-refractivity contribution < 1.29 is 4.42 Å². The van der Waals surface area contributed by atoms with Crippen LogP contribution in [0.5, 0.6) is 0 Å². The second-order valence-corrected chi connectivity index (χ2v) is 13.9. The summed E-state index contributed by atoms with van der Waals surface area (Å²) in [6.07, 6.45) is 0. The van der Waals surface area contributed by atoms with Gasteiger partial charge in [0.1, 0.15) is 5.52 Å². The molecule has 0 atom stereocenters. The molecule has 0 radical (unpaired) electrons. The maximum atomic E-state index is 6.20. The van der Waals surface area contributed by atoms with Crippen molar-refractivity contribution in [2.45, 2.75) is 0 Å². The van der Waals surface area contributed by atoms with Crippen molar-refractivity contribution in [2.75, 3.05) is 4.90 Å². The predicted octanol–water partition coefficient (Wildman–Crippen LogP) is 13.8. The molecule has 0 spiro atoms. The molecule has 51 heavy (non-hydrogen) atoms. The minimum absolute atomic E-state index is 0.629. The number of thiophene rings is 1. The van der Waals surface area contributed by atoms with Gasteiger partial charge in [-0.1, -0.05) is 109 Å². The fraction of sp³-hybridized carbons (Fsp3) is 0. The molecule has 240 valence electrons. The van der Waals surface area contributed by atoms with Crippen molar-refractivity contribution in [1.82, 2.24) is 4.98 Å². The number of hydrogen-bond donors (Lipinski definition) is 0. The molecule has 2 heterocycles. The molecule has 0 aliphatic rings. The zero-order valence-corrected chi connectivity index (χ0v) is 28.3. The zero-order chi connectivity index (χ0) is 33.7. The number of anilines is 3. The van der Waals surface area contributed by atoms with Crippen LogP contribution < -0.4 is 4.90 Å². The number of benzene rings is 8. The van der Waals surface area contributed by atoms with Crippen molar-refractivity contribution in [1.29, 1.82) is 0 Å². The van der Waals surface area contributed by atoms with Crippen LogP contribution in [0.15, 0.2) is 186 Å². The summed E-state index contributed by atoms with van der Waals surface area (Å²) in [6, 6.07) is 64.6. The lowest BCUT2D eigenvalue weighted by atomic mass is 10.0. The standard InChI is InChI=1S/C47H30N2OS/c1-2-10-34(11-3-1)47-48-46-40(14-8-15-43(46)50-47)33-21-25-38(26-22-33)49(39-27-28-45-42(30-39)41-13-6-7-16-44(41)51-45)37-23-19-32(20-24-37)36-18-17-31-9-4-5-12-35(31)29-36/h1-30H. The minimum Gasteiger partial charge on any atom is -0.436 e. The fourth-order valence-corrected chi connectivity index (χ4v) is 8.23. The Bertz CT molecular complexity index is 2850. The summed E-state index contributed by atoms with van der Waals surface area (Å²) < 4.78 is 8.79. The van der Waals surface area contributed by atoms with E-state index < -0.39 is 0 Å². The van der Waals surface area contributed by atoms with E-state index in [1.807, 2.05) is 53.8 Å². The van der Waals surface area contributed by atoms with Crippen LogP contribution in [0.1, 0.15) is 0 Å². The number of aromatic nitrogens is 1. The second-order valence-electron chi connectivity index (χ2n) is 12.8. The molecule has 10 aromatic rings. The Morgan fingerprint density at radius 2 is 1.10 bits per heavy atom. The molecule has 2 aromatic heterocycles. The van der Waals surface area contributed by atoms with Crippen LogP contribution in [-0.2, 0) is 0 Å². The number of hydrogen-bond acceptors (Lipinski definition) is 4. The van der Waals surface area contributed by atoms with Crippen molar-refractivity contribution in [3.05, 3.63) is 182 Å². The third kappa shape index (κ3) is 5.25. The molecular formula is C47H30N2OS. The molecule has 0 amide bonds. The van der Waals surface area contributed by atoms with E-state index in [9.17, 15) is 0 Å². The third-order valence-electron chi connectivity index (χ3n) is 9.70. The molecule has 0 N–H and O–H groups in total. The maximum absolute atomic E-state index is 6.20. The minimum atomic E-state index is 0.629. The van der Waals surface area contributed by atoms with Gasteiger partial charge in [-0.25, -0.2) is 4.98 Å². The molecule has 0 saturated heterocycles. The second kappa shape index (κ2) is 12.1. The van der Waals surface area contributed by atoms with E-state index in [2.05, 4.69) is 144 Å². The molecule has 0 saturated carbocycles. The topological polar surface area (TPSA) is 29.3 Å². The molecule has 0 fully saturated rings. The van der Waals surface area contributed by atoms with Crippen molar-refractivity contribution in [3.63, 3.8) is 0 Å². The van der Waals surface area contributed by atoms with E-state index in [0.717, 1.165) is 44.9 Å². The number of rotatable bonds is 6. The van der Waals surface area contributed by atoms with E-state index in [4.69, 9.17) is 9.40 Å². The van der Waals surface area contributed by atoms with Crippen LogP contribution in [-0.4, -0.2) is 4.98 Å². The van der Waals surface area contributed by atoms with Crippen molar-refractivity contribution in [2.24, 2.45) is 0 Å². The monoisotopic (exact) mass is 670 g/mol. The molecule has 4 heteroatoms. The normalized spacial score (nSPS) is 11.5. The Balaban J connectivity index is 1.07. The Labute approximate surface area is 299 Å². The van der Waals surface area contributed by atoms with Crippen LogP contribution in [0.4, 0.5) is 17.1 Å². The lowest BCUT2D eigenvalue weighted by molar-refractivity contribution is 0.620. The molecule has 8 aromatic carbocycles. The zero-order valence-electron chi connectivity index (χ0n) is 27.5. The Morgan fingerprint density at radius 3 is 1.92 bits per heavy atom. The van der Waals surface area contributed by atoms with Crippen molar-refractivity contribution in [3.8, 4) is 33.7 Å². The fourth-order valence-electron chi connectivity index (χ4n) is 7.15. The van der Waals surface area contributed by atoms with Gasteiger partial charge in [-0.05, 0) is 100 Å². The molecule has 3 nitrogen and oxygen atoms in total. The highest BCUT2D eigenvalue weighted by atomic mass is 32.1. The summed E-state index contributed by atoms with van der Waals surface area (Å²) in [5, 5.41) is 5.06. The van der Waals surface area contributed by atoms with Gasteiger partial charge in [-0.15, -0.1) is 11.3 Å². The number of para-hydroxylation sites is 1. The van der Waals surface area contributed by atoms with Gasteiger partial charge in [0.2, 0.25) is 5.89 Å². The van der Waals surface area contributed by atoms with Gasteiger partial charge in [0.25, 0.3) is 0 Å². The summed E-state index contributed by atoms with van der Waals surface area (Å²) >= 11 is 1.84. The molecular weight excluding hydrogens is 641 g/mol. The summed E-state index contributed by atoms with van der Waals surface area (Å²) in [6.45, 7) is 0. The molecule has 0 aliphatic carbocycles. The average Bonchev–Trinajstić information content (AvgIpc) is 3.81. The number of oxazole rings is 1. The number of nitrogens with zero attached hydrogens (tertiary/aromatic N) is 2. The Hall–Kier alpha value is -6.49. The van der Waals surface area contributed by atoms with Crippen LogP contribution in [0.3, 0.4) is 0 Å². The molecule has 0 aliphatic heterocycles. The van der Waals surface area contributed by atoms with E-state index in [-0.39, 0.29) is 0 Å². The van der Waals surface area contributed by atoms with Gasteiger partial charge < -0.3 is 9.32 Å². The lowest BCUT2D eigenvalue weighted by Gasteiger charge is -2.26. The first kappa shape index (κ1) is 29.4. The highest BCUT2D eigenvalue weighted by Gasteiger charge is 2.17. The Morgan fingerprint density at radius 1 is 0.431 bits per heavy atom. The highest BCUT2D eigenvalue weighted by Crippen LogP contribution is 2.42. The molecule has 10 rings (SSSR count). The predicted molar refractivity (Wildman–Crippen MR) is 215 cm³/mol. The van der Waals surface area contributed by atoms with Crippen LogP contribution >= 0.6 is 11.3 Å². The quantitative estimate of drug-likeness (QED) is 0.176. The molecule has 0 bridgehead atoms. The van der Waals surface area contributed by atoms with Gasteiger partial charge in [-0.2, -0.15) is 0 Å². The summed E-state index contributed by atoms with van der Waals surface area (Å²) in [5.74, 6) is 0.629. The first-order chi connectivity index (χ1) is 25.2. The third-order valence-corrected chi connectivity index (χ3v) is 10.9. The average molecular weight is 671 g/mol. The SMILES string of the molecule is c1ccc(-c2nc3c(-c4ccc(N(c5ccc(-c6ccc7ccccc7c6)cc5)c5ccc6sc7ccccc7c6c5)cc4)cccc3o2)cc1. The first-order valence-electron chi connectivity index (χ1n) is 17.1. The van der Waals surface area contributed by atoms with Gasteiger partial charge >= 0.3 is 0 Å². The highest BCUT2D eigenvalue weighted by molar-refractivity contribution is 7.25. The van der Waals surface area contributed by atoms with Crippen molar-refractivity contribution >= 4 is 70.4 Å². The van der Waals surface area contributed by atoms with E-state index in [0.29, 0.717) is 5.89 Å². The van der Waals surface area contributed by atoms with Gasteiger partial charge in [0.15, 0.2) is 5.58 Å². The van der Waals surface area contributed by atoms with Gasteiger partial charge in [0, 0.05) is 48.4 Å². The summed E-state index contributed by atoms with van der Waals surface area (Å²) in [5.41, 5.74) is 10.4. The van der Waals surface area contributed by atoms with Gasteiger partial charge in [0.05, 0.1) is 0 Å². The smallest absolute Gasteiger partial charge is 0.227 e. The largest absolute Gasteiger partial charge is 0.436 e. The van der Waals surface area contributed by atoms with Crippen LogP contribution in [0, 0.1) is 0 Å². The molecule has 0 unspecified atom stereocenters. The van der Waals surface area contributed by atoms with Gasteiger partial charge in [-0.3, -0.25) is 0 Å². The maximum Gasteiger partial charge on any atom is 0.227 e. The van der Waals surface area contributed by atoms with E-state index in [1.54, 1.807) is 0 Å². The summed E-state index contributed by atoms with van der Waals surface area (Å²) in [4.78, 5) is 7.29. The van der Waals surface area contributed by atoms with Crippen LogP contribution in [0.2, 0.25) is 0 Å². The van der Waals surface area contributed by atoms with E-state index >= 15 is 0 Å². The Kier molecular flexibility index (Phi) is 7.00.